The number of aromatic nitrogens is 1. The second-order valence-corrected chi connectivity index (χ2v) is 7.33. The number of pyridine rings is 1. The van der Waals surface area contributed by atoms with Gasteiger partial charge in [0.1, 0.15) is 11.5 Å². The molecule has 2 N–H and O–H groups in total. The van der Waals surface area contributed by atoms with E-state index in [-0.39, 0.29) is 12.1 Å². The van der Waals surface area contributed by atoms with Crippen LogP contribution in [0, 0.1) is 0 Å². The predicted molar refractivity (Wildman–Crippen MR) is 120 cm³/mol. The highest BCUT2D eigenvalue weighted by Crippen LogP contribution is 2.22. The zero-order valence-electron chi connectivity index (χ0n) is 18.0. The average molecular weight is 421 g/mol. The van der Waals surface area contributed by atoms with E-state index in [0.29, 0.717) is 24.7 Å². The van der Waals surface area contributed by atoms with E-state index < -0.39 is 0 Å². The summed E-state index contributed by atoms with van der Waals surface area (Å²) < 4.78 is 10.9. The van der Waals surface area contributed by atoms with E-state index in [4.69, 9.17) is 9.47 Å². The number of nitrogens with zero attached hydrogens (tertiary/aromatic N) is 2. The number of amides is 2. The van der Waals surface area contributed by atoms with E-state index in [1.54, 1.807) is 19.4 Å². The lowest BCUT2D eigenvalue weighted by molar-refractivity contribution is 0.232. The molecule has 0 saturated heterocycles. The summed E-state index contributed by atoms with van der Waals surface area (Å²) in [6.07, 6.45) is 1.66. The Balaban J connectivity index is 1.57. The van der Waals surface area contributed by atoms with Gasteiger partial charge in [-0.2, -0.15) is 0 Å². The van der Waals surface area contributed by atoms with Gasteiger partial charge in [-0.05, 0) is 55.6 Å². The number of benzene rings is 2. The molecule has 0 spiro atoms. The number of carbonyl (C=O) groups excluding carboxylic acids is 1. The van der Waals surface area contributed by atoms with E-state index in [1.165, 1.54) is 0 Å². The van der Waals surface area contributed by atoms with Crippen LogP contribution in [0.1, 0.15) is 17.2 Å². The van der Waals surface area contributed by atoms with Crippen molar-refractivity contribution in [1.29, 1.82) is 0 Å². The number of ether oxygens (including phenoxy) is 2. The molecule has 3 rings (SSSR count). The standard InChI is InChI=1S/C24H28N4O3/c1-28(2)17-22(19-7-5-4-6-8-19)27-24(29)26-16-18-13-14-25-23(15-18)31-21-11-9-20(30-3)10-12-21/h4-15,22H,16-17H2,1-3H3,(H2,26,27,29). The molecule has 1 atom stereocenters. The van der Waals surface area contributed by atoms with Crippen molar-refractivity contribution in [2.75, 3.05) is 27.7 Å². The van der Waals surface area contributed by atoms with Gasteiger partial charge in [0.25, 0.3) is 0 Å². The minimum Gasteiger partial charge on any atom is -0.497 e. The minimum absolute atomic E-state index is 0.109. The van der Waals surface area contributed by atoms with Crippen molar-refractivity contribution < 1.29 is 14.3 Å². The molecule has 0 fully saturated rings. The summed E-state index contributed by atoms with van der Waals surface area (Å²) in [6.45, 7) is 1.06. The Morgan fingerprint density at radius 2 is 1.74 bits per heavy atom. The van der Waals surface area contributed by atoms with Crippen LogP contribution >= 0.6 is 0 Å². The van der Waals surface area contributed by atoms with Gasteiger partial charge in [-0.1, -0.05) is 30.3 Å². The summed E-state index contributed by atoms with van der Waals surface area (Å²) >= 11 is 0. The number of methoxy groups -OCH3 is 1. The third-order valence-corrected chi connectivity index (χ3v) is 4.59. The lowest BCUT2D eigenvalue weighted by atomic mass is 10.1. The number of rotatable bonds is 9. The average Bonchev–Trinajstić information content (AvgIpc) is 2.78. The molecule has 2 amide bonds. The number of nitrogens with one attached hydrogen (secondary N) is 2. The molecule has 31 heavy (non-hydrogen) atoms. The number of carbonyl (C=O) groups is 1. The second kappa shape index (κ2) is 11.0. The Bertz CT molecular complexity index is 962. The fraction of sp³-hybridized carbons (Fsp3) is 0.250. The van der Waals surface area contributed by atoms with E-state index >= 15 is 0 Å². The van der Waals surface area contributed by atoms with Crippen LogP contribution in [0.2, 0.25) is 0 Å². The molecular formula is C24H28N4O3. The molecule has 7 nitrogen and oxygen atoms in total. The fourth-order valence-corrected chi connectivity index (χ4v) is 3.06. The summed E-state index contributed by atoms with van der Waals surface area (Å²) in [7, 11) is 5.58. The smallest absolute Gasteiger partial charge is 0.315 e. The predicted octanol–water partition coefficient (Wildman–Crippen LogP) is 3.98. The maximum Gasteiger partial charge on any atom is 0.315 e. The van der Waals surface area contributed by atoms with E-state index in [0.717, 1.165) is 16.9 Å². The minimum atomic E-state index is -0.231. The molecule has 3 aromatic rings. The zero-order valence-corrected chi connectivity index (χ0v) is 18.0. The van der Waals surface area contributed by atoms with Gasteiger partial charge in [-0.3, -0.25) is 0 Å². The van der Waals surface area contributed by atoms with Gasteiger partial charge in [0.05, 0.1) is 13.2 Å². The largest absolute Gasteiger partial charge is 0.497 e. The monoisotopic (exact) mass is 420 g/mol. The van der Waals surface area contributed by atoms with Gasteiger partial charge in [0.15, 0.2) is 0 Å². The van der Waals surface area contributed by atoms with Crippen LogP contribution in [0.15, 0.2) is 72.9 Å². The van der Waals surface area contributed by atoms with Crippen molar-refractivity contribution in [3.63, 3.8) is 0 Å². The Morgan fingerprint density at radius 1 is 1.03 bits per heavy atom. The first-order valence-electron chi connectivity index (χ1n) is 10.0. The third kappa shape index (κ3) is 7.01. The summed E-state index contributed by atoms with van der Waals surface area (Å²) in [5.74, 6) is 1.87. The van der Waals surface area contributed by atoms with Gasteiger partial charge >= 0.3 is 6.03 Å². The van der Waals surface area contributed by atoms with Gasteiger partial charge in [-0.25, -0.2) is 9.78 Å². The van der Waals surface area contributed by atoms with Crippen LogP contribution < -0.4 is 20.1 Å². The van der Waals surface area contributed by atoms with Gasteiger partial charge in [0.2, 0.25) is 5.88 Å². The molecular weight excluding hydrogens is 392 g/mol. The SMILES string of the molecule is COc1ccc(Oc2cc(CNC(=O)NC(CN(C)C)c3ccccc3)ccn2)cc1. The quantitative estimate of drug-likeness (QED) is 0.548. The molecule has 2 aromatic carbocycles. The van der Waals surface area contributed by atoms with Crippen molar-refractivity contribution >= 4 is 6.03 Å². The van der Waals surface area contributed by atoms with Gasteiger partial charge in [0, 0.05) is 25.4 Å². The fourth-order valence-electron chi connectivity index (χ4n) is 3.06. The number of urea groups is 1. The Morgan fingerprint density at radius 3 is 2.42 bits per heavy atom. The van der Waals surface area contributed by atoms with E-state index in [2.05, 4.69) is 15.6 Å². The van der Waals surface area contributed by atoms with Crippen LogP contribution in [0.3, 0.4) is 0 Å². The lowest BCUT2D eigenvalue weighted by Gasteiger charge is -2.23. The molecule has 0 bridgehead atoms. The highest BCUT2D eigenvalue weighted by molar-refractivity contribution is 5.74. The first kappa shape index (κ1) is 22.1. The Kier molecular flexibility index (Phi) is 7.84. The molecule has 1 unspecified atom stereocenters. The van der Waals surface area contributed by atoms with Crippen molar-refractivity contribution in [3.8, 4) is 17.4 Å². The molecule has 0 aliphatic carbocycles. The molecule has 162 valence electrons. The highest BCUT2D eigenvalue weighted by Gasteiger charge is 2.15. The Hall–Kier alpha value is -3.58. The van der Waals surface area contributed by atoms with Crippen LogP contribution in [0.25, 0.3) is 0 Å². The first-order chi connectivity index (χ1) is 15.0. The lowest BCUT2D eigenvalue weighted by Crippen LogP contribution is -2.41. The number of hydrogen-bond donors (Lipinski definition) is 2. The van der Waals surface area contributed by atoms with Crippen molar-refractivity contribution in [2.45, 2.75) is 12.6 Å². The molecule has 0 radical (unpaired) electrons. The molecule has 0 aliphatic heterocycles. The van der Waals surface area contributed by atoms with Crippen molar-refractivity contribution in [3.05, 3.63) is 84.1 Å². The second-order valence-electron chi connectivity index (χ2n) is 7.33. The van der Waals surface area contributed by atoms with Crippen LogP contribution in [-0.4, -0.2) is 43.7 Å². The molecule has 1 heterocycles. The molecule has 0 aliphatic rings. The van der Waals surface area contributed by atoms with Crippen molar-refractivity contribution in [2.24, 2.45) is 0 Å². The first-order valence-corrected chi connectivity index (χ1v) is 10.0. The molecule has 0 saturated carbocycles. The number of hydrogen-bond acceptors (Lipinski definition) is 5. The highest BCUT2D eigenvalue weighted by atomic mass is 16.5. The van der Waals surface area contributed by atoms with E-state index in [9.17, 15) is 4.79 Å². The van der Waals surface area contributed by atoms with Crippen molar-refractivity contribution in [1.82, 2.24) is 20.5 Å². The van der Waals surface area contributed by atoms with Crippen LogP contribution in [0.5, 0.6) is 17.4 Å². The summed E-state index contributed by atoms with van der Waals surface area (Å²) in [4.78, 5) is 18.8. The van der Waals surface area contributed by atoms with Crippen LogP contribution in [-0.2, 0) is 6.54 Å². The topological polar surface area (TPSA) is 75.7 Å². The third-order valence-electron chi connectivity index (χ3n) is 4.59. The zero-order chi connectivity index (χ0) is 22.1. The number of likely N-dealkylation sites (N-methyl/N-ethyl adjacent to an activating group) is 1. The normalized spacial score (nSPS) is 11.6. The van der Waals surface area contributed by atoms with Gasteiger partial charge in [-0.15, -0.1) is 0 Å². The Labute approximate surface area is 183 Å². The maximum absolute atomic E-state index is 12.5. The maximum atomic E-state index is 12.5. The van der Waals surface area contributed by atoms with Crippen LogP contribution in [0.4, 0.5) is 4.79 Å². The van der Waals surface area contributed by atoms with Gasteiger partial charge < -0.3 is 25.0 Å². The van der Waals surface area contributed by atoms with E-state index in [1.807, 2.05) is 79.7 Å². The summed E-state index contributed by atoms with van der Waals surface area (Å²) in [5.41, 5.74) is 1.95. The molecule has 1 aromatic heterocycles. The molecule has 7 heteroatoms. The summed E-state index contributed by atoms with van der Waals surface area (Å²) in [6, 6.07) is 20.5. The summed E-state index contributed by atoms with van der Waals surface area (Å²) in [5, 5.41) is 5.96.